The van der Waals surface area contributed by atoms with Gasteiger partial charge in [-0.2, -0.15) is 0 Å². The Bertz CT molecular complexity index is 734. The lowest BCUT2D eigenvalue weighted by Crippen LogP contribution is -2.44. The van der Waals surface area contributed by atoms with Crippen molar-refractivity contribution in [2.24, 2.45) is 0 Å². The van der Waals surface area contributed by atoms with Crippen molar-refractivity contribution >= 4 is 11.8 Å². The van der Waals surface area contributed by atoms with Crippen molar-refractivity contribution < 1.29 is 19.1 Å². The van der Waals surface area contributed by atoms with E-state index < -0.39 is 5.41 Å². The molecule has 0 spiro atoms. The van der Waals surface area contributed by atoms with Crippen molar-refractivity contribution in [3.63, 3.8) is 0 Å². The van der Waals surface area contributed by atoms with Gasteiger partial charge in [0.1, 0.15) is 13.2 Å². The van der Waals surface area contributed by atoms with Gasteiger partial charge in [0.15, 0.2) is 11.5 Å². The van der Waals surface area contributed by atoms with Gasteiger partial charge in [0, 0.05) is 26.1 Å². The quantitative estimate of drug-likeness (QED) is 0.824. The number of carbonyl (C=O) groups excluding carboxylic acids is 2. The molecule has 158 valence electrons. The van der Waals surface area contributed by atoms with Gasteiger partial charge < -0.3 is 19.7 Å². The van der Waals surface area contributed by atoms with Crippen molar-refractivity contribution in [2.45, 2.75) is 63.2 Å². The molecule has 3 aliphatic rings. The molecule has 4 rings (SSSR count). The lowest BCUT2D eigenvalue weighted by molar-refractivity contribution is -0.131. The van der Waals surface area contributed by atoms with E-state index in [2.05, 4.69) is 5.32 Å². The summed E-state index contributed by atoms with van der Waals surface area (Å²) in [6, 6.07) is 5.89. The summed E-state index contributed by atoms with van der Waals surface area (Å²) in [5.41, 5.74) is 0.470. The number of hydrogen-bond donors (Lipinski definition) is 1. The minimum absolute atomic E-state index is 0.0374. The van der Waals surface area contributed by atoms with E-state index in [1.54, 1.807) is 0 Å². The average molecular weight is 401 g/mol. The number of nitrogens with one attached hydrogen (secondary N) is 1. The maximum atomic E-state index is 13.2. The largest absolute Gasteiger partial charge is 0.486 e. The second kappa shape index (κ2) is 9.06. The van der Waals surface area contributed by atoms with Gasteiger partial charge in [-0.15, -0.1) is 0 Å². The maximum absolute atomic E-state index is 13.2. The predicted octanol–water partition coefficient (Wildman–Crippen LogP) is 3.18. The van der Waals surface area contributed by atoms with Crippen LogP contribution in [0.25, 0.3) is 0 Å². The Hall–Kier alpha value is -2.24. The number of nitrogens with zero attached hydrogens (tertiary/aromatic N) is 1. The van der Waals surface area contributed by atoms with Crippen molar-refractivity contribution in [3.05, 3.63) is 23.8 Å². The first-order chi connectivity index (χ1) is 14.2. The molecule has 6 nitrogen and oxygen atoms in total. The van der Waals surface area contributed by atoms with Crippen LogP contribution in [0.5, 0.6) is 11.5 Å². The number of likely N-dealkylation sites (tertiary alicyclic amines) is 1. The molecule has 1 N–H and O–H groups in total. The average Bonchev–Trinajstić information content (AvgIpc) is 3.10. The molecule has 29 heavy (non-hydrogen) atoms. The minimum Gasteiger partial charge on any atom is -0.486 e. The zero-order valence-corrected chi connectivity index (χ0v) is 17.2. The normalized spacial score (nSPS) is 20.8. The second-order valence-electron chi connectivity index (χ2n) is 8.45. The van der Waals surface area contributed by atoms with Crippen LogP contribution in [-0.4, -0.2) is 49.6 Å². The lowest BCUT2D eigenvalue weighted by atomic mass is 9.77. The molecular formula is C23H32N2O4. The van der Waals surface area contributed by atoms with Crippen LogP contribution < -0.4 is 14.8 Å². The SMILES string of the molecule is O=C(CCNC(=O)C1(c2ccc3c(c2)OCCO3)CCCC1)N1CCCCCC1. The van der Waals surface area contributed by atoms with Gasteiger partial charge in [-0.25, -0.2) is 0 Å². The monoisotopic (exact) mass is 400 g/mol. The van der Waals surface area contributed by atoms with Crippen LogP contribution in [0.3, 0.4) is 0 Å². The van der Waals surface area contributed by atoms with Crippen molar-refractivity contribution in [3.8, 4) is 11.5 Å². The Balaban J connectivity index is 1.39. The zero-order valence-electron chi connectivity index (χ0n) is 17.2. The van der Waals surface area contributed by atoms with Crippen molar-refractivity contribution in [1.82, 2.24) is 10.2 Å². The fourth-order valence-corrected chi connectivity index (χ4v) is 4.90. The molecule has 0 atom stereocenters. The summed E-state index contributed by atoms with van der Waals surface area (Å²) in [6.07, 6.45) is 8.71. The zero-order chi connectivity index (χ0) is 20.1. The Kier molecular flexibility index (Phi) is 6.26. The van der Waals surface area contributed by atoms with E-state index in [9.17, 15) is 9.59 Å². The molecule has 1 saturated carbocycles. The molecule has 2 aliphatic heterocycles. The van der Waals surface area contributed by atoms with E-state index in [1.165, 1.54) is 12.8 Å². The van der Waals surface area contributed by atoms with Crippen LogP contribution in [-0.2, 0) is 15.0 Å². The smallest absolute Gasteiger partial charge is 0.230 e. The number of amides is 2. The van der Waals surface area contributed by atoms with E-state index in [-0.39, 0.29) is 11.8 Å². The highest BCUT2D eigenvalue weighted by molar-refractivity contribution is 5.89. The fraction of sp³-hybridized carbons (Fsp3) is 0.652. The summed E-state index contributed by atoms with van der Waals surface area (Å²) < 4.78 is 11.4. The summed E-state index contributed by atoms with van der Waals surface area (Å²) in [7, 11) is 0. The summed E-state index contributed by atoms with van der Waals surface area (Å²) in [4.78, 5) is 27.7. The fourth-order valence-electron chi connectivity index (χ4n) is 4.90. The number of fused-ring (bicyclic) bond motifs is 1. The predicted molar refractivity (Wildman–Crippen MR) is 110 cm³/mol. The molecule has 0 aromatic heterocycles. The molecule has 1 aromatic rings. The minimum atomic E-state index is -0.526. The highest BCUT2D eigenvalue weighted by Crippen LogP contribution is 2.44. The molecule has 0 unspecified atom stereocenters. The number of ether oxygens (including phenoxy) is 2. The molecule has 0 radical (unpaired) electrons. The molecule has 2 amide bonds. The molecule has 2 heterocycles. The van der Waals surface area contributed by atoms with E-state index >= 15 is 0 Å². The molecule has 1 saturated heterocycles. The van der Waals surface area contributed by atoms with Crippen molar-refractivity contribution in [1.29, 1.82) is 0 Å². The Morgan fingerprint density at radius 3 is 2.34 bits per heavy atom. The van der Waals surface area contributed by atoms with E-state index in [1.807, 2.05) is 23.1 Å². The molecular weight excluding hydrogens is 368 g/mol. The van der Waals surface area contributed by atoms with E-state index in [0.29, 0.717) is 26.2 Å². The molecule has 6 heteroatoms. The van der Waals surface area contributed by atoms with Crippen LogP contribution in [0.1, 0.15) is 63.4 Å². The van der Waals surface area contributed by atoms with E-state index in [0.717, 1.165) is 68.7 Å². The van der Waals surface area contributed by atoms with Crippen LogP contribution in [0, 0.1) is 0 Å². The third-order valence-corrected chi connectivity index (χ3v) is 6.57. The second-order valence-corrected chi connectivity index (χ2v) is 8.45. The van der Waals surface area contributed by atoms with Gasteiger partial charge in [-0.3, -0.25) is 9.59 Å². The molecule has 0 bridgehead atoms. The standard InChI is InChI=1S/C23H32N2O4/c26-21(25-13-5-1-2-6-14-25)9-12-24-22(27)23(10-3-4-11-23)18-7-8-19-20(17-18)29-16-15-28-19/h7-8,17H,1-6,9-16H2,(H,24,27). The van der Waals surface area contributed by atoms with Crippen molar-refractivity contribution in [2.75, 3.05) is 32.8 Å². The maximum Gasteiger partial charge on any atom is 0.230 e. The highest BCUT2D eigenvalue weighted by Gasteiger charge is 2.43. The first-order valence-corrected chi connectivity index (χ1v) is 11.2. The van der Waals surface area contributed by atoms with Gasteiger partial charge in [-0.1, -0.05) is 31.7 Å². The van der Waals surface area contributed by atoms with Gasteiger partial charge in [0.2, 0.25) is 11.8 Å². The van der Waals surface area contributed by atoms with Gasteiger partial charge in [-0.05, 0) is 43.4 Å². The van der Waals surface area contributed by atoms with Gasteiger partial charge >= 0.3 is 0 Å². The van der Waals surface area contributed by atoms with E-state index in [4.69, 9.17) is 9.47 Å². The third kappa shape index (κ3) is 4.36. The molecule has 1 aliphatic carbocycles. The van der Waals surface area contributed by atoms with Crippen LogP contribution in [0.15, 0.2) is 18.2 Å². The van der Waals surface area contributed by atoms with Crippen LogP contribution in [0.4, 0.5) is 0 Å². The molecule has 1 aromatic carbocycles. The summed E-state index contributed by atoms with van der Waals surface area (Å²) in [5, 5.41) is 3.07. The summed E-state index contributed by atoms with van der Waals surface area (Å²) in [6.45, 7) is 3.21. The Morgan fingerprint density at radius 2 is 1.62 bits per heavy atom. The number of rotatable bonds is 5. The van der Waals surface area contributed by atoms with Crippen LogP contribution in [0.2, 0.25) is 0 Å². The third-order valence-electron chi connectivity index (χ3n) is 6.57. The van der Waals surface area contributed by atoms with Gasteiger partial charge in [0.05, 0.1) is 5.41 Å². The lowest BCUT2D eigenvalue weighted by Gasteiger charge is -2.30. The topological polar surface area (TPSA) is 67.9 Å². The van der Waals surface area contributed by atoms with Crippen LogP contribution >= 0.6 is 0 Å². The first kappa shape index (κ1) is 20.0. The first-order valence-electron chi connectivity index (χ1n) is 11.2. The highest BCUT2D eigenvalue weighted by atomic mass is 16.6. The molecule has 2 fully saturated rings. The Morgan fingerprint density at radius 1 is 0.931 bits per heavy atom. The summed E-state index contributed by atoms with van der Waals surface area (Å²) >= 11 is 0. The Labute approximate surface area is 172 Å². The number of benzene rings is 1. The number of carbonyl (C=O) groups is 2. The summed E-state index contributed by atoms with van der Waals surface area (Å²) in [5.74, 6) is 1.67. The number of hydrogen-bond acceptors (Lipinski definition) is 4. The van der Waals surface area contributed by atoms with Gasteiger partial charge in [0.25, 0.3) is 0 Å².